The number of aromatic nitrogens is 2. The van der Waals surface area contributed by atoms with Crippen molar-refractivity contribution in [3.63, 3.8) is 0 Å². The van der Waals surface area contributed by atoms with E-state index >= 15 is 0 Å². The molecule has 0 fully saturated rings. The molecule has 2 rings (SSSR count). The van der Waals surface area contributed by atoms with Crippen LogP contribution in [0.5, 0.6) is 5.88 Å². The average Bonchev–Trinajstić information content (AvgIpc) is 2.52. The van der Waals surface area contributed by atoms with Gasteiger partial charge in [-0.1, -0.05) is 0 Å². The summed E-state index contributed by atoms with van der Waals surface area (Å²) in [6.45, 7) is 4.24. The first-order chi connectivity index (χ1) is 12.7. The van der Waals surface area contributed by atoms with E-state index in [0.29, 0.717) is 16.8 Å². The lowest BCUT2D eigenvalue weighted by molar-refractivity contribution is -0.141. The van der Waals surface area contributed by atoms with Gasteiger partial charge in [0.05, 0.1) is 15.3 Å². The summed E-state index contributed by atoms with van der Waals surface area (Å²) in [7, 11) is -2.88. The Morgan fingerprint density at radius 3 is 2.32 bits per heavy atom. The Morgan fingerprint density at radius 2 is 1.86 bits per heavy atom. The van der Waals surface area contributed by atoms with Crippen LogP contribution < -0.4 is 15.2 Å². The van der Waals surface area contributed by atoms with E-state index in [0.717, 1.165) is 0 Å². The standard InChI is InChI=1S/C17H21F3N4O3S/c1-10(16(2,3)25)27-14-13(17(18,19)20)9-22-15(24-14)23-11-5-7-12(8-6-11)28(4,21)26/h5-10,25H,4H2,1-3H3,(H2,21,26)(H,22,23,24)/t10-,28?/m1/s1. The topological polar surface area (TPSA) is 110 Å². The van der Waals surface area contributed by atoms with Crippen LogP contribution in [-0.2, 0) is 15.9 Å². The minimum Gasteiger partial charge on any atom is -0.471 e. The monoisotopic (exact) mass is 418 g/mol. The number of nitrogens with two attached hydrogens (primary N) is 1. The summed E-state index contributed by atoms with van der Waals surface area (Å²) in [5.74, 6) is 2.50. The Balaban J connectivity index is 2.34. The molecular formula is C17H21F3N4O3S. The van der Waals surface area contributed by atoms with Crippen molar-refractivity contribution in [3.8, 4) is 5.88 Å². The zero-order valence-corrected chi connectivity index (χ0v) is 16.3. The van der Waals surface area contributed by atoms with Gasteiger partial charge in [-0.05, 0) is 50.9 Å². The smallest absolute Gasteiger partial charge is 0.423 e. The zero-order chi connectivity index (χ0) is 21.3. The first-order valence-electron chi connectivity index (χ1n) is 8.03. The lowest BCUT2D eigenvalue weighted by atomic mass is 10.0. The molecule has 0 amide bonds. The third-order valence-electron chi connectivity index (χ3n) is 3.85. The number of aliphatic hydroxyl groups is 1. The first-order valence-corrected chi connectivity index (χ1v) is 9.82. The molecule has 28 heavy (non-hydrogen) atoms. The zero-order valence-electron chi connectivity index (χ0n) is 15.4. The van der Waals surface area contributed by atoms with Crippen LogP contribution in [0.4, 0.5) is 24.8 Å². The fraction of sp³-hybridized carbons (Fsp3) is 0.353. The Morgan fingerprint density at radius 1 is 1.29 bits per heavy atom. The van der Waals surface area contributed by atoms with Gasteiger partial charge in [0.25, 0.3) is 0 Å². The predicted octanol–water partition coefficient (Wildman–Crippen LogP) is 2.73. The molecule has 1 aromatic heterocycles. The molecule has 0 saturated carbocycles. The molecular weight excluding hydrogens is 397 g/mol. The molecule has 0 aliphatic heterocycles. The highest BCUT2D eigenvalue weighted by atomic mass is 32.2. The van der Waals surface area contributed by atoms with Gasteiger partial charge in [-0.15, -0.1) is 0 Å². The summed E-state index contributed by atoms with van der Waals surface area (Å²) < 4.78 is 56.6. The van der Waals surface area contributed by atoms with Crippen LogP contribution >= 0.6 is 0 Å². The number of benzene rings is 1. The fourth-order valence-electron chi connectivity index (χ4n) is 1.92. The molecule has 0 bridgehead atoms. The van der Waals surface area contributed by atoms with Crippen LogP contribution in [0.3, 0.4) is 0 Å². The highest BCUT2D eigenvalue weighted by molar-refractivity contribution is 7.98. The molecule has 7 nitrogen and oxygen atoms in total. The van der Waals surface area contributed by atoms with E-state index in [4.69, 9.17) is 9.88 Å². The lowest BCUT2D eigenvalue weighted by Crippen LogP contribution is -2.38. The van der Waals surface area contributed by atoms with Crippen molar-refractivity contribution in [1.29, 1.82) is 0 Å². The van der Waals surface area contributed by atoms with Gasteiger partial charge in [-0.3, -0.25) is 5.14 Å². The molecule has 0 aliphatic carbocycles. The van der Waals surface area contributed by atoms with Gasteiger partial charge in [-0.2, -0.15) is 18.2 Å². The largest absolute Gasteiger partial charge is 0.471 e. The van der Waals surface area contributed by atoms with Gasteiger partial charge >= 0.3 is 6.18 Å². The van der Waals surface area contributed by atoms with Gasteiger partial charge in [0.1, 0.15) is 11.7 Å². The number of halogens is 3. The van der Waals surface area contributed by atoms with Crippen LogP contribution in [0.1, 0.15) is 26.3 Å². The molecule has 1 heterocycles. The first kappa shape index (κ1) is 21.9. The second-order valence-electron chi connectivity index (χ2n) is 6.70. The number of nitrogens with zero attached hydrogens (tertiary/aromatic N) is 2. The summed E-state index contributed by atoms with van der Waals surface area (Å²) in [5.41, 5.74) is -2.13. The van der Waals surface area contributed by atoms with Gasteiger partial charge < -0.3 is 15.2 Å². The molecule has 0 saturated heterocycles. The maximum Gasteiger partial charge on any atom is 0.423 e. The summed E-state index contributed by atoms with van der Waals surface area (Å²) in [6, 6.07) is 5.95. The van der Waals surface area contributed by atoms with E-state index in [2.05, 4.69) is 21.2 Å². The van der Waals surface area contributed by atoms with E-state index in [1.807, 2.05) is 0 Å². The molecule has 0 radical (unpaired) electrons. The Hall–Kier alpha value is -2.37. The molecule has 4 N–H and O–H groups in total. The maximum absolute atomic E-state index is 13.2. The van der Waals surface area contributed by atoms with Crippen LogP contribution in [0.15, 0.2) is 35.4 Å². The lowest BCUT2D eigenvalue weighted by Gasteiger charge is -2.27. The molecule has 1 unspecified atom stereocenters. The second kappa shape index (κ2) is 7.57. The molecule has 0 aliphatic rings. The van der Waals surface area contributed by atoms with Gasteiger partial charge in [-0.25, -0.2) is 9.19 Å². The summed E-state index contributed by atoms with van der Waals surface area (Å²) >= 11 is 0. The van der Waals surface area contributed by atoms with E-state index < -0.39 is 39.0 Å². The number of ether oxygens (including phenoxy) is 1. The van der Waals surface area contributed by atoms with Gasteiger partial charge in [0, 0.05) is 16.8 Å². The van der Waals surface area contributed by atoms with Crippen molar-refractivity contribution in [1.82, 2.24) is 9.97 Å². The minimum absolute atomic E-state index is 0.151. The highest BCUT2D eigenvalue weighted by Crippen LogP contribution is 2.36. The highest BCUT2D eigenvalue weighted by Gasteiger charge is 2.38. The van der Waals surface area contributed by atoms with Gasteiger partial charge in [0.2, 0.25) is 11.8 Å². The van der Waals surface area contributed by atoms with E-state index in [9.17, 15) is 22.5 Å². The summed E-state index contributed by atoms with van der Waals surface area (Å²) in [5, 5.41) is 18.1. The molecule has 2 aromatic rings. The SMILES string of the molecule is C=S(N)(=O)c1ccc(Nc2ncc(C(F)(F)F)c(O[C@H](C)C(C)(C)O)n2)cc1. The Kier molecular flexibility index (Phi) is 5.93. The van der Waals surface area contributed by atoms with Crippen molar-refractivity contribution in [2.45, 2.75) is 43.5 Å². The Labute approximate surface area is 160 Å². The number of hydrogen-bond acceptors (Lipinski definition) is 6. The molecule has 11 heteroatoms. The van der Waals surface area contributed by atoms with Crippen molar-refractivity contribution in [3.05, 3.63) is 36.0 Å². The van der Waals surface area contributed by atoms with Crippen molar-refractivity contribution < 1.29 is 27.2 Å². The normalized spacial score (nSPS) is 15.6. The van der Waals surface area contributed by atoms with Crippen LogP contribution in [0.25, 0.3) is 0 Å². The van der Waals surface area contributed by atoms with Crippen LogP contribution in [0.2, 0.25) is 0 Å². The predicted molar refractivity (Wildman–Crippen MR) is 101 cm³/mol. The number of nitrogens with one attached hydrogen (secondary N) is 1. The van der Waals surface area contributed by atoms with Crippen LogP contribution in [-0.4, -0.2) is 36.9 Å². The molecule has 2 atom stereocenters. The third kappa shape index (κ3) is 5.57. The number of alkyl halides is 3. The van der Waals surface area contributed by atoms with Crippen LogP contribution in [0, 0.1) is 0 Å². The number of anilines is 2. The van der Waals surface area contributed by atoms with E-state index in [-0.39, 0.29) is 5.95 Å². The molecule has 154 valence electrons. The summed E-state index contributed by atoms with van der Waals surface area (Å²) in [4.78, 5) is 7.77. The van der Waals surface area contributed by atoms with Crippen molar-refractivity contribution in [2.75, 3.05) is 5.32 Å². The van der Waals surface area contributed by atoms with Crippen molar-refractivity contribution in [2.24, 2.45) is 5.14 Å². The van der Waals surface area contributed by atoms with Gasteiger partial charge in [0.15, 0.2) is 0 Å². The summed E-state index contributed by atoms with van der Waals surface area (Å²) in [6.07, 6.45) is -5.10. The number of hydrogen-bond donors (Lipinski definition) is 3. The second-order valence-corrected chi connectivity index (χ2v) is 8.62. The Bertz CT molecular complexity index is 940. The third-order valence-corrected chi connectivity index (χ3v) is 4.92. The minimum atomic E-state index is -4.73. The molecule has 0 spiro atoms. The maximum atomic E-state index is 13.2. The quantitative estimate of drug-likeness (QED) is 0.622. The molecule has 1 aromatic carbocycles. The van der Waals surface area contributed by atoms with E-state index in [1.54, 1.807) is 0 Å². The fourth-order valence-corrected chi connectivity index (χ4v) is 2.52. The number of rotatable bonds is 6. The van der Waals surface area contributed by atoms with E-state index in [1.165, 1.54) is 45.0 Å². The van der Waals surface area contributed by atoms with Crippen molar-refractivity contribution >= 4 is 27.2 Å². The average molecular weight is 418 g/mol.